The molecule has 2 N–H and O–H groups in total. The number of amides is 2. The second kappa shape index (κ2) is 5.77. The monoisotopic (exact) mass is 188 g/mol. The molecule has 1 atom stereocenters. The Bertz CT molecular complexity index is 157. The molecule has 0 aromatic heterocycles. The Morgan fingerprint density at radius 2 is 2.46 bits per heavy atom. The molecule has 1 heterocycles. The minimum Gasteiger partial charge on any atom is -0.376 e. The highest BCUT2D eigenvalue weighted by Crippen LogP contribution is 2.10. The largest absolute Gasteiger partial charge is 0.376 e. The molecule has 0 radical (unpaired) electrons. The van der Waals surface area contributed by atoms with Gasteiger partial charge in [-0.3, -0.25) is 0 Å². The van der Waals surface area contributed by atoms with Crippen LogP contribution in [0.4, 0.5) is 4.79 Å². The lowest BCUT2D eigenvalue weighted by Gasteiger charge is -2.10. The van der Waals surface area contributed by atoms with Gasteiger partial charge in [-0.1, -0.05) is 0 Å². The predicted molar refractivity (Wildman–Crippen MR) is 47.4 cm³/mol. The number of hydrogen-bond donors (Lipinski definition) is 2. The van der Waals surface area contributed by atoms with Gasteiger partial charge in [-0.05, 0) is 12.8 Å². The number of rotatable bonds is 4. The first-order valence-corrected chi connectivity index (χ1v) is 4.45. The highest BCUT2D eigenvalue weighted by molar-refractivity contribution is 5.73. The fraction of sp³-hybridized carbons (Fsp3) is 0.875. The average Bonchev–Trinajstić information content (AvgIpc) is 2.64. The third-order valence-corrected chi connectivity index (χ3v) is 1.89. The zero-order chi connectivity index (χ0) is 9.52. The van der Waals surface area contributed by atoms with Crippen molar-refractivity contribution >= 4 is 6.03 Å². The Kier molecular flexibility index (Phi) is 4.56. The van der Waals surface area contributed by atoms with E-state index in [0.29, 0.717) is 6.54 Å². The van der Waals surface area contributed by atoms with Crippen LogP contribution in [0, 0.1) is 0 Å². The van der Waals surface area contributed by atoms with Crippen molar-refractivity contribution in [3.8, 4) is 0 Å². The lowest BCUT2D eigenvalue weighted by Crippen LogP contribution is -2.40. The van der Waals surface area contributed by atoms with E-state index in [4.69, 9.17) is 4.74 Å². The van der Waals surface area contributed by atoms with Crippen molar-refractivity contribution < 1.29 is 14.3 Å². The van der Waals surface area contributed by atoms with Gasteiger partial charge in [0, 0.05) is 20.3 Å². The average molecular weight is 188 g/mol. The summed E-state index contributed by atoms with van der Waals surface area (Å²) in [5.74, 6) is 0. The van der Waals surface area contributed by atoms with E-state index < -0.39 is 0 Å². The van der Waals surface area contributed by atoms with Gasteiger partial charge in [0.2, 0.25) is 0 Å². The van der Waals surface area contributed by atoms with E-state index in [-0.39, 0.29) is 18.9 Å². The molecule has 1 aliphatic rings. The van der Waals surface area contributed by atoms with E-state index >= 15 is 0 Å². The first kappa shape index (κ1) is 10.3. The van der Waals surface area contributed by atoms with Gasteiger partial charge in [-0.25, -0.2) is 4.79 Å². The van der Waals surface area contributed by atoms with Gasteiger partial charge in [0.05, 0.1) is 6.10 Å². The fourth-order valence-corrected chi connectivity index (χ4v) is 1.21. The molecule has 1 fully saturated rings. The minimum atomic E-state index is -0.211. The molecule has 76 valence electrons. The maximum absolute atomic E-state index is 11.0. The van der Waals surface area contributed by atoms with Crippen LogP contribution < -0.4 is 10.6 Å². The van der Waals surface area contributed by atoms with E-state index in [9.17, 15) is 4.79 Å². The number of hydrogen-bond acceptors (Lipinski definition) is 3. The molecule has 5 heteroatoms. The summed E-state index contributed by atoms with van der Waals surface area (Å²) in [6, 6.07) is -0.211. The maximum Gasteiger partial charge on any atom is 0.316 e. The van der Waals surface area contributed by atoms with Crippen LogP contribution in [0.2, 0.25) is 0 Å². The van der Waals surface area contributed by atoms with E-state index in [0.717, 1.165) is 19.4 Å². The van der Waals surface area contributed by atoms with Crippen LogP contribution in [0.3, 0.4) is 0 Å². The zero-order valence-electron chi connectivity index (χ0n) is 7.84. The van der Waals surface area contributed by atoms with Crippen LogP contribution in [0.1, 0.15) is 12.8 Å². The Balaban J connectivity index is 2.00. The van der Waals surface area contributed by atoms with Crippen LogP contribution in [-0.4, -0.2) is 39.1 Å². The summed E-state index contributed by atoms with van der Waals surface area (Å²) in [7, 11) is 1.53. The molecule has 0 bridgehead atoms. The second-order valence-electron chi connectivity index (χ2n) is 2.95. The zero-order valence-corrected chi connectivity index (χ0v) is 7.84. The van der Waals surface area contributed by atoms with Crippen LogP contribution in [0.15, 0.2) is 0 Å². The molecule has 0 spiro atoms. The Morgan fingerprint density at radius 3 is 3.08 bits per heavy atom. The minimum absolute atomic E-state index is 0.188. The van der Waals surface area contributed by atoms with Crippen molar-refractivity contribution in [2.75, 3.05) is 27.0 Å². The third kappa shape index (κ3) is 4.10. The van der Waals surface area contributed by atoms with Crippen molar-refractivity contribution in [2.45, 2.75) is 18.9 Å². The topological polar surface area (TPSA) is 59.6 Å². The molecular formula is C8H16N2O3. The molecule has 1 unspecified atom stereocenters. The standard InChI is InChI=1S/C8H16N2O3/c1-12-6-10-8(11)9-5-7-3-2-4-13-7/h7H,2-6H2,1H3,(H2,9,10,11). The van der Waals surface area contributed by atoms with E-state index in [1.165, 1.54) is 7.11 Å². The van der Waals surface area contributed by atoms with E-state index in [1.54, 1.807) is 0 Å². The summed E-state index contributed by atoms with van der Waals surface area (Å²) in [5, 5.41) is 5.23. The number of ether oxygens (including phenoxy) is 2. The molecule has 1 rings (SSSR count). The molecule has 0 saturated carbocycles. The quantitative estimate of drug-likeness (QED) is 0.614. The van der Waals surface area contributed by atoms with Gasteiger partial charge in [0.15, 0.2) is 0 Å². The lowest BCUT2D eigenvalue weighted by atomic mass is 10.2. The number of urea groups is 1. The van der Waals surface area contributed by atoms with Gasteiger partial charge in [0.25, 0.3) is 0 Å². The molecule has 13 heavy (non-hydrogen) atoms. The predicted octanol–water partition coefficient (Wildman–Crippen LogP) is 0.0685. The van der Waals surface area contributed by atoms with Crippen molar-refractivity contribution in [3.63, 3.8) is 0 Å². The second-order valence-corrected chi connectivity index (χ2v) is 2.95. The SMILES string of the molecule is COCNC(=O)NCC1CCCO1. The molecule has 2 amide bonds. The first-order valence-electron chi connectivity index (χ1n) is 4.45. The summed E-state index contributed by atoms with van der Waals surface area (Å²) in [5.41, 5.74) is 0. The number of carbonyl (C=O) groups excluding carboxylic acids is 1. The molecular weight excluding hydrogens is 172 g/mol. The smallest absolute Gasteiger partial charge is 0.316 e. The summed E-state index contributed by atoms with van der Waals surface area (Å²) < 4.78 is 10.0. The maximum atomic E-state index is 11.0. The van der Waals surface area contributed by atoms with Crippen LogP contribution in [0.25, 0.3) is 0 Å². The third-order valence-electron chi connectivity index (χ3n) is 1.89. The molecule has 0 aromatic rings. The fourth-order valence-electron chi connectivity index (χ4n) is 1.21. The summed E-state index contributed by atoms with van der Waals surface area (Å²) in [6.07, 6.45) is 2.31. The molecule has 1 aliphatic heterocycles. The molecule has 5 nitrogen and oxygen atoms in total. The molecule has 0 aliphatic carbocycles. The Hall–Kier alpha value is -0.810. The normalized spacial score (nSPS) is 21.5. The highest BCUT2D eigenvalue weighted by atomic mass is 16.5. The highest BCUT2D eigenvalue weighted by Gasteiger charge is 2.15. The van der Waals surface area contributed by atoms with Gasteiger partial charge in [-0.15, -0.1) is 0 Å². The Labute approximate surface area is 77.8 Å². The number of carbonyl (C=O) groups is 1. The summed E-state index contributed by atoms with van der Waals surface area (Å²) in [6.45, 7) is 1.62. The first-order chi connectivity index (χ1) is 6.33. The van der Waals surface area contributed by atoms with Gasteiger partial charge >= 0.3 is 6.03 Å². The van der Waals surface area contributed by atoms with E-state index in [1.807, 2.05) is 0 Å². The summed E-state index contributed by atoms with van der Waals surface area (Å²) in [4.78, 5) is 11.0. The number of nitrogens with one attached hydrogen (secondary N) is 2. The number of methoxy groups -OCH3 is 1. The van der Waals surface area contributed by atoms with Crippen LogP contribution in [-0.2, 0) is 9.47 Å². The lowest BCUT2D eigenvalue weighted by molar-refractivity contribution is 0.110. The molecule has 1 saturated heterocycles. The summed E-state index contributed by atoms with van der Waals surface area (Å²) >= 11 is 0. The van der Waals surface area contributed by atoms with Crippen molar-refractivity contribution in [3.05, 3.63) is 0 Å². The van der Waals surface area contributed by atoms with E-state index in [2.05, 4.69) is 15.4 Å². The van der Waals surface area contributed by atoms with Crippen molar-refractivity contribution in [2.24, 2.45) is 0 Å². The Morgan fingerprint density at radius 1 is 1.62 bits per heavy atom. The van der Waals surface area contributed by atoms with Gasteiger partial charge in [-0.2, -0.15) is 0 Å². The van der Waals surface area contributed by atoms with Gasteiger partial charge < -0.3 is 20.1 Å². The van der Waals surface area contributed by atoms with Crippen molar-refractivity contribution in [1.82, 2.24) is 10.6 Å². The molecule has 0 aromatic carbocycles. The van der Waals surface area contributed by atoms with Gasteiger partial charge in [0.1, 0.15) is 6.73 Å². The van der Waals surface area contributed by atoms with Crippen LogP contribution in [0.5, 0.6) is 0 Å². The van der Waals surface area contributed by atoms with Crippen molar-refractivity contribution in [1.29, 1.82) is 0 Å². The van der Waals surface area contributed by atoms with Crippen LogP contribution >= 0.6 is 0 Å².